The van der Waals surface area contributed by atoms with Crippen molar-refractivity contribution in [1.29, 1.82) is 0 Å². The summed E-state index contributed by atoms with van der Waals surface area (Å²) in [6, 6.07) is 20.0. The maximum atomic E-state index is 13.3. The van der Waals surface area contributed by atoms with E-state index in [0.29, 0.717) is 5.69 Å². The van der Waals surface area contributed by atoms with Gasteiger partial charge in [-0.15, -0.1) is 0 Å². The highest BCUT2D eigenvalue weighted by atomic mass is 32.2. The zero-order valence-electron chi connectivity index (χ0n) is 15.1. The van der Waals surface area contributed by atoms with Crippen LogP contribution in [0.2, 0.25) is 0 Å². The van der Waals surface area contributed by atoms with Gasteiger partial charge in [0.05, 0.1) is 11.3 Å². The van der Waals surface area contributed by atoms with Crippen LogP contribution in [-0.2, 0) is 22.7 Å². The Morgan fingerprint density at radius 3 is 2.31 bits per heavy atom. The maximum absolute atomic E-state index is 13.3. The van der Waals surface area contributed by atoms with Gasteiger partial charge in [-0.1, -0.05) is 54.6 Å². The lowest BCUT2D eigenvalue weighted by atomic mass is 10.1. The van der Waals surface area contributed by atoms with Gasteiger partial charge in [-0.3, -0.25) is 0 Å². The van der Waals surface area contributed by atoms with Crippen molar-refractivity contribution in [1.82, 2.24) is 4.31 Å². The number of para-hydroxylation sites is 1. The topological polar surface area (TPSA) is 49.4 Å². The summed E-state index contributed by atoms with van der Waals surface area (Å²) in [5.74, 6) is 0. The number of halogens is 3. The molecule has 4 rings (SSSR count). The van der Waals surface area contributed by atoms with Crippen LogP contribution in [0.15, 0.2) is 83.8 Å². The van der Waals surface area contributed by atoms with E-state index in [1.165, 1.54) is 22.5 Å². The first-order chi connectivity index (χ1) is 13.8. The highest BCUT2D eigenvalue weighted by molar-refractivity contribution is 7.89. The van der Waals surface area contributed by atoms with E-state index in [4.69, 9.17) is 0 Å². The van der Waals surface area contributed by atoms with E-state index in [1.807, 2.05) is 6.07 Å². The molecule has 0 saturated carbocycles. The fraction of sp³-hybridized carbons (Fsp3) is 0.143. The van der Waals surface area contributed by atoms with E-state index >= 15 is 0 Å². The molecule has 0 saturated heterocycles. The number of nitrogens with zero attached hydrogens (tertiary/aromatic N) is 1. The van der Waals surface area contributed by atoms with Crippen molar-refractivity contribution in [2.45, 2.75) is 23.8 Å². The molecule has 1 heterocycles. The van der Waals surface area contributed by atoms with E-state index < -0.39 is 27.9 Å². The molecule has 0 spiro atoms. The van der Waals surface area contributed by atoms with Crippen molar-refractivity contribution >= 4 is 15.7 Å². The lowest BCUT2D eigenvalue weighted by molar-refractivity contribution is -0.137. The predicted molar refractivity (Wildman–Crippen MR) is 103 cm³/mol. The highest BCUT2D eigenvalue weighted by Crippen LogP contribution is 2.40. The zero-order valence-corrected chi connectivity index (χ0v) is 15.9. The summed E-state index contributed by atoms with van der Waals surface area (Å²) in [4.78, 5) is 0.0964. The molecule has 1 atom stereocenters. The molecule has 0 amide bonds. The predicted octanol–water partition coefficient (Wildman–Crippen LogP) is 5.02. The summed E-state index contributed by atoms with van der Waals surface area (Å²) in [6.07, 6.45) is -5.50. The number of nitrogens with one attached hydrogen (secondary N) is 1. The smallest absolute Gasteiger partial charge is 0.364 e. The van der Waals surface area contributed by atoms with Crippen molar-refractivity contribution in [3.63, 3.8) is 0 Å². The van der Waals surface area contributed by atoms with Gasteiger partial charge in [0.2, 0.25) is 10.0 Å². The van der Waals surface area contributed by atoms with Crippen LogP contribution in [0.5, 0.6) is 0 Å². The van der Waals surface area contributed by atoms with Crippen LogP contribution in [0.25, 0.3) is 0 Å². The minimum atomic E-state index is -4.52. The Bertz CT molecular complexity index is 1130. The Hall–Kier alpha value is -2.84. The second kappa shape index (κ2) is 7.20. The number of sulfonamides is 1. The average molecular weight is 418 g/mol. The van der Waals surface area contributed by atoms with E-state index in [9.17, 15) is 21.6 Å². The first-order valence-corrected chi connectivity index (χ1v) is 10.3. The van der Waals surface area contributed by atoms with Crippen LogP contribution in [-0.4, -0.2) is 12.7 Å². The van der Waals surface area contributed by atoms with Crippen molar-refractivity contribution in [3.8, 4) is 0 Å². The van der Waals surface area contributed by atoms with Gasteiger partial charge in [0.25, 0.3) is 0 Å². The van der Waals surface area contributed by atoms with Crippen LogP contribution in [0.1, 0.15) is 22.9 Å². The van der Waals surface area contributed by atoms with Gasteiger partial charge >= 0.3 is 6.18 Å². The second-order valence-corrected chi connectivity index (χ2v) is 8.56. The van der Waals surface area contributed by atoms with E-state index in [2.05, 4.69) is 5.32 Å². The lowest BCUT2D eigenvalue weighted by Crippen LogP contribution is -2.42. The summed E-state index contributed by atoms with van der Waals surface area (Å²) in [7, 11) is -3.94. The summed E-state index contributed by atoms with van der Waals surface area (Å²) in [5.41, 5.74) is 0.481. The normalized spacial score (nSPS) is 18.7. The molecule has 29 heavy (non-hydrogen) atoms. The summed E-state index contributed by atoms with van der Waals surface area (Å²) >= 11 is 0. The van der Waals surface area contributed by atoms with Crippen LogP contribution in [0.3, 0.4) is 0 Å². The third-order valence-corrected chi connectivity index (χ3v) is 6.63. The molecule has 150 valence electrons. The van der Waals surface area contributed by atoms with E-state index in [0.717, 1.165) is 17.7 Å². The summed E-state index contributed by atoms with van der Waals surface area (Å²) in [5, 5.41) is 3.10. The third kappa shape index (κ3) is 3.73. The number of hydrogen-bond acceptors (Lipinski definition) is 3. The Kier molecular flexibility index (Phi) is 4.84. The Labute approximate surface area is 166 Å². The molecule has 0 bridgehead atoms. The van der Waals surface area contributed by atoms with Gasteiger partial charge in [0, 0.05) is 6.54 Å². The second-order valence-electron chi connectivity index (χ2n) is 6.70. The van der Waals surface area contributed by atoms with Crippen LogP contribution < -0.4 is 5.32 Å². The molecule has 4 nitrogen and oxygen atoms in total. The van der Waals surface area contributed by atoms with Gasteiger partial charge in [0.15, 0.2) is 0 Å². The molecule has 8 heteroatoms. The van der Waals surface area contributed by atoms with E-state index in [-0.39, 0.29) is 17.0 Å². The minimum Gasteiger partial charge on any atom is -0.364 e. The monoisotopic (exact) mass is 418 g/mol. The first-order valence-electron chi connectivity index (χ1n) is 8.85. The average Bonchev–Trinajstić information content (AvgIpc) is 2.70. The Morgan fingerprint density at radius 2 is 1.59 bits per heavy atom. The number of hydrogen-bond donors (Lipinski definition) is 1. The number of fused-ring (bicyclic) bond motifs is 1. The number of rotatable bonds is 3. The molecular formula is C21H17F3N2O2S. The molecule has 3 aromatic rings. The largest absolute Gasteiger partial charge is 0.416 e. The molecule has 0 radical (unpaired) electrons. The summed E-state index contributed by atoms with van der Waals surface area (Å²) in [6.45, 7) is 0.0193. The van der Waals surface area contributed by atoms with Gasteiger partial charge in [0.1, 0.15) is 11.1 Å². The fourth-order valence-corrected chi connectivity index (χ4v) is 5.05. The molecule has 1 aliphatic heterocycles. The van der Waals surface area contributed by atoms with Crippen molar-refractivity contribution < 1.29 is 21.6 Å². The molecule has 0 fully saturated rings. The number of benzene rings is 3. The lowest BCUT2D eigenvalue weighted by Gasteiger charge is -2.37. The van der Waals surface area contributed by atoms with Crippen molar-refractivity contribution in [2.75, 3.05) is 5.32 Å². The molecule has 0 aliphatic carbocycles. The minimum absolute atomic E-state index is 0.0193. The third-order valence-electron chi connectivity index (χ3n) is 4.76. The van der Waals surface area contributed by atoms with Crippen LogP contribution >= 0.6 is 0 Å². The van der Waals surface area contributed by atoms with E-state index in [1.54, 1.807) is 42.5 Å². The van der Waals surface area contributed by atoms with Gasteiger partial charge < -0.3 is 5.32 Å². The Balaban J connectivity index is 1.84. The van der Waals surface area contributed by atoms with Crippen molar-refractivity contribution in [2.24, 2.45) is 0 Å². The molecule has 1 N–H and O–H groups in total. The highest BCUT2D eigenvalue weighted by Gasteiger charge is 2.40. The number of alkyl halides is 3. The number of anilines is 1. The maximum Gasteiger partial charge on any atom is 0.416 e. The summed E-state index contributed by atoms with van der Waals surface area (Å²) < 4.78 is 67.5. The molecule has 1 aliphatic rings. The fourth-order valence-electron chi connectivity index (χ4n) is 3.37. The van der Waals surface area contributed by atoms with Gasteiger partial charge in [-0.2, -0.15) is 17.5 Å². The van der Waals surface area contributed by atoms with Gasteiger partial charge in [-0.25, -0.2) is 8.42 Å². The SMILES string of the molecule is O=S1(=O)c2ccccc2N[C@@H](c2cccc(C(F)(F)F)c2)N1Cc1ccccc1. The first kappa shape index (κ1) is 19.5. The molecule has 3 aromatic carbocycles. The molecule has 0 aromatic heterocycles. The standard InChI is InChI=1S/C21H17F3N2O2S/c22-21(23,24)17-10-6-9-16(13-17)20-25-18-11-4-5-12-19(18)29(27,28)26(20)14-15-7-2-1-3-8-15/h1-13,20,25H,14H2/t20-/m1/s1. The Morgan fingerprint density at radius 1 is 0.897 bits per heavy atom. The molecular weight excluding hydrogens is 401 g/mol. The van der Waals surface area contributed by atoms with Crippen LogP contribution in [0, 0.1) is 0 Å². The molecule has 0 unspecified atom stereocenters. The van der Waals surface area contributed by atoms with Gasteiger partial charge in [-0.05, 0) is 35.4 Å². The quantitative estimate of drug-likeness (QED) is 0.650. The van der Waals surface area contributed by atoms with Crippen LogP contribution in [0.4, 0.5) is 18.9 Å². The van der Waals surface area contributed by atoms with Crippen molar-refractivity contribution in [3.05, 3.63) is 95.6 Å². The zero-order chi connectivity index (χ0) is 20.6.